The highest BCUT2D eigenvalue weighted by molar-refractivity contribution is 6.21. The molecule has 2 rings (SSSR count). The molecule has 0 spiro atoms. The van der Waals surface area contributed by atoms with Gasteiger partial charge in [0.25, 0.3) is 0 Å². The lowest BCUT2D eigenvalue weighted by Crippen LogP contribution is -2.13. The van der Waals surface area contributed by atoms with Gasteiger partial charge in [-0.3, -0.25) is 0 Å². The van der Waals surface area contributed by atoms with Crippen LogP contribution >= 0.6 is 0 Å². The maximum atomic E-state index is 11.7. The normalized spacial score (nSPS) is 16.3. The monoisotopic (exact) mass is 259 g/mol. The molecule has 0 amide bonds. The Labute approximate surface area is 112 Å². The highest BCUT2D eigenvalue weighted by atomic mass is 16.6. The number of hydrogen-bond acceptors (Lipinski definition) is 4. The van der Waals surface area contributed by atoms with Crippen molar-refractivity contribution in [3.63, 3.8) is 0 Å². The molecular weight excluding hydrogens is 242 g/mol. The van der Waals surface area contributed by atoms with Crippen LogP contribution in [0.4, 0.5) is 0 Å². The van der Waals surface area contributed by atoms with Crippen LogP contribution in [0.25, 0.3) is 0 Å². The van der Waals surface area contributed by atoms with Gasteiger partial charge in [0.2, 0.25) is 0 Å². The van der Waals surface area contributed by atoms with Crippen molar-refractivity contribution in [3.05, 3.63) is 47.5 Å². The van der Waals surface area contributed by atoms with Crippen molar-refractivity contribution in [3.8, 4) is 0 Å². The molecule has 0 saturated carbocycles. The molecule has 4 heteroatoms. The average Bonchev–Trinajstić information content (AvgIpc) is 2.89. The quantitative estimate of drug-likeness (QED) is 0.603. The van der Waals surface area contributed by atoms with Gasteiger partial charge in [0.05, 0.1) is 17.9 Å². The van der Waals surface area contributed by atoms with E-state index in [0.717, 1.165) is 18.4 Å². The van der Waals surface area contributed by atoms with E-state index >= 15 is 0 Å². The first-order valence-corrected chi connectivity index (χ1v) is 6.41. The minimum Gasteiger partial charge on any atom is -0.462 e. The lowest BCUT2D eigenvalue weighted by atomic mass is 10.2. The zero-order valence-electron chi connectivity index (χ0n) is 11.0. The van der Waals surface area contributed by atoms with Crippen molar-refractivity contribution >= 4 is 11.7 Å². The summed E-state index contributed by atoms with van der Waals surface area (Å²) in [4.78, 5) is 17.0. The highest BCUT2D eigenvalue weighted by Crippen LogP contribution is 2.17. The molecule has 0 fully saturated rings. The van der Waals surface area contributed by atoms with Crippen molar-refractivity contribution < 1.29 is 14.4 Å². The summed E-state index contributed by atoms with van der Waals surface area (Å²) in [5, 5.41) is 4.05. The SMILES string of the molecule is CCOC(=O)C1=CCC/C1=N\OCc1ccccc1. The van der Waals surface area contributed by atoms with Crippen LogP contribution in [0.3, 0.4) is 0 Å². The van der Waals surface area contributed by atoms with Crippen molar-refractivity contribution in [2.24, 2.45) is 5.16 Å². The number of oxime groups is 1. The fraction of sp³-hybridized carbons (Fsp3) is 0.333. The molecule has 1 aromatic rings. The Hall–Kier alpha value is -2.10. The second-order valence-electron chi connectivity index (χ2n) is 4.17. The molecule has 0 saturated heterocycles. The lowest BCUT2D eigenvalue weighted by Gasteiger charge is -2.05. The zero-order chi connectivity index (χ0) is 13.5. The van der Waals surface area contributed by atoms with Gasteiger partial charge in [0.1, 0.15) is 6.61 Å². The Balaban J connectivity index is 1.92. The maximum Gasteiger partial charge on any atom is 0.339 e. The van der Waals surface area contributed by atoms with E-state index in [2.05, 4.69) is 5.16 Å². The molecule has 1 aromatic carbocycles. The summed E-state index contributed by atoms with van der Waals surface area (Å²) in [6, 6.07) is 9.79. The maximum absolute atomic E-state index is 11.7. The molecular formula is C15H17NO3. The Morgan fingerprint density at radius 3 is 2.84 bits per heavy atom. The van der Waals surface area contributed by atoms with Crippen LogP contribution in [0.2, 0.25) is 0 Å². The van der Waals surface area contributed by atoms with Gasteiger partial charge in [-0.1, -0.05) is 41.6 Å². The van der Waals surface area contributed by atoms with E-state index in [9.17, 15) is 4.79 Å². The Kier molecular flexibility index (Phi) is 4.72. The molecule has 0 aromatic heterocycles. The van der Waals surface area contributed by atoms with Gasteiger partial charge >= 0.3 is 5.97 Å². The molecule has 0 aliphatic heterocycles. The number of ether oxygens (including phenoxy) is 1. The van der Waals surface area contributed by atoms with Gasteiger partial charge < -0.3 is 9.57 Å². The van der Waals surface area contributed by atoms with E-state index in [1.807, 2.05) is 36.4 Å². The first kappa shape index (κ1) is 13.3. The van der Waals surface area contributed by atoms with Crippen molar-refractivity contribution in [1.29, 1.82) is 0 Å². The first-order valence-electron chi connectivity index (χ1n) is 6.41. The van der Waals surface area contributed by atoms with Crippen LogP contribution in [-0.4, -0.2) is 18.3 Å². The lowest BCUT2D eigenvalue weighted by molar-refractivity contribution is -0.137. The number of allylic oxidation sites excluding steroid dienone is 1. The second-order valence-corrected chi connectivity index (χ2v) is 4.17. The number of esters is 1. The van der Waals surface area contributed by atoms with Crippen LogP contribution < -0.4 is 0 Å². The van der Waals surface area contributed by atoms with E-state index in [1.165, 1.54) is 0 Å². The third-order valence-electron chi connectivity index (χ3n) is 2.78. The van der Waals surface area contributed by atoms with Gasteiger partial charge in [0, 0.05) is 0 Å². The van der Waals surface area contributed by atoms with E-state index in [-0.39, 0.29) is 5.97 Å². The molecule has 0 atom stereocenters. The zero-order valence-corrected chi connectivity index (χ0v) is 11.0. The molecule has 0 bridgehead atoms. The summed E-state index contributed by atoms with van der Waals surface area (Å²) in [7, 11) is 0. The van der Waals surface area contributed by atoms with Crippen LogP contribution in [0.1, 0.15) is 25.3 Å². The fourth-order valence-corrected chi connectivity index (χ4v) is 1.87. The van der Waals surface area contributed by atoms with Crippen molar-refractivity contribution in [1.82, 2.24) is 0 Å². The molecule has 100 valence electrons. The topological polar surface area (TPSA) is 47.9 Å². The molecule has 0 N–H and O–H groups in total. The van der Waals surface area contributed by atoms with Crippen LogP contribution in [0.5, 0.6) is 0 Å². The third-order valence-corrected chi connectivity index (χ3v) is 2.78. The van der Waals surface area contributed by atoms with E-state index in [0.29, 0.717) is 24.5 Å². The smallest absolute Gasteiger partial charge is 0.339 e. The van der Waals surface area contributed by atoms with Gasteiger partial charge in [0.15, 0.2) is 0 Å². The number of carbonyl (C=O) groups is 1. The standard InChI is InChI=1S/C15H17NO3/c1-2-18-15(17)13-9-6-10-14(13)16-19-11-12-7-4-3-5-8-12/h3-5,7-9H,2,6,10-11H2,1H3/b16-14+. The predicted molar refractivity (Wildman–Crippen MR) is 72.6 cm³/mol. The summed E-state index contributed by atoms with van der Waals surface area (Å²) in [5.74, 6) is -0.318. The minimum atomic E-state index is -0.318. The summed E-state index contributed by atoms with van der Waals surface area (Å²) < 4.78 is 4.98. The van der Waals surface area contributed by atoms with E-state index < -0.39 is 0 Å². The highest BCUT2D eigenvalue weighted by Gasteiger charge is 2.22. The third kappa shape index (κ3) is 3.68. The Bertz CT molecular complexity index is 491. The molecule has 1 aliphatic rings. The van der Waals surface area contributed by atoms with Crippen molar-refractivity contribution in [2.75, 3.05) is 6.61 Å². The van der Waals surface area contributed by atoms with Gasteiger partial charge in [-0.25, -0.2) is 4.79 Å². The Morgan fingerprint density at radius 1 is 1.32 bits per heavy atom. The summed E-state index contributed by atoms with van der Waals surface area (Å²) in [6.45, 7) is 2.56. The number of carbonyl (C=O) groups excluding carboxylic acids is 1. The van der Waals surface area contributed by atoms with Crippen LogP contribution in [0.15, 0.2) is 47.1 Å². The van der Waals surface area contributed by atoms with Crippen LogP contribution in [0, 0.1) is 0 Å². The molecule has 1 aliphatic carbocycles. The molecule has 4 nitrogen and oxygen atoms in total. The predicted octanol–water partition coefficient (Wildman–Crippen LogP) is 2.84. The summed E-state index contributed by atoms with van der Waals surface area (Å²) in [6.07, 6.45) is 3.38. The number of rotatable bonds is 5. The second kappa shape index (κ2) is 6.73. The minimum absolute atomic E-state index is 0.318. The number of hydrogen-bond donors (Lipinski definition) is 0. The molecule has 0 radical (unpaired) electrons. The van der Waals surface area contributed by atoms with Crippen molar-refractivity contribution in [2.45, 2.75) is 26.4 Å². The largest absolute Gasteiger partial charge is 0.462 e. The summed E-state index contributed by atoms with van der Waals surface area (Å²) >= 11 is 0. The molecule has 0 heterocycles. The van der Waals surface area contributed by atoms with E-state index in [1.54, 1.807) is 6.92 Å². The Morgan fingerprint density at radius 2 is 2.11 bits per heavy atom. The molecule has 0 unspecified atom stereocenters. The average molecular weight is 259 g/mol. The number of benzene rings is 1. The summed E-state index contributed by atoms with van der Waals surface area (Å²) in [5.41, 5.74) is 2.26. The fourth-order valence-electron chi connectivity index (χ4n) is 1.87. The van der Waals surface area contributed by atoms with Gasteiger partial charge in [-0.2, -0.15) is 0 Å². The van der Waals surface area contributed by atoms with Gasteiger partial charge in [-0.15, -0.1) is 0 Å². The molecule has 19 heavy (non-hydrogen) atoms. The first-order chi connectivity index (χ1) is 9.31. The van der Waals surface area contributed by atoms with Gasteiger partial charge in [-0.05, 0) is 25.3 Å². The number of nitrogens with zero attached hydrogens (tertiary/aromatic N) is 1. The van der Waals surface area contributed by atoms with Crippen LogP contribution in [-0.2, 0) is 21.0 Å². The van der Waals surface area contributed by atoms with E-state index in [4.69, 9.17) is 9.57 Å².